The van der Waals surface area contributed by atoms with Crippen molar-refractivity contribution in [3.63, 3.8) is 0 Å². The van der Waals surface area contributed by atoms with Gasteiger partial charge in [-0.3, -0.25) is 4.79 Å². The van der Waals surface area contributed by atoms with Crippen LogP contribution in [0.4, 0.5) is 0 Å². The molecule has 3 aromatic carbocycles. The summed E-state index contributed by atoms with van der Waals surface area (Å²) >= 11 is 0. The number of aryl methyl sites for hydroxylation is 2. The summed E-state index contributed by atoms with van der Waals surface area (Å²) in [5, 5.41) is 9.13. The molecule has 0 unspecified atom stereocenters. The number of para-hydroxylation sites is 1. The standard InChI is InChI=1S/C24H19NO2/c25-16-17-4-3-6-20(14-17)21-11-9-18-8-10-19-5-1-2-7-24(19)27-13-12-23(26)22(18)15-21/h1-7,9,11,14-15H,8,10,12-13H2. The maximum atomic E-state index is 12.8. The molecule has 0 saturated heterocycles. The normalized spacial score (nSPS) is 13.7. The SMILES string of the molecule is N#Cc1cccc(-c2ccc3c(c2)C(=O)CCOc2ccccc2CC3)c1. The molecule has 27 heavy (non-hydrogen) atoms. The second-order valence-electron chi connectivity index (χ2n) is 6.69. The number of carbonyl (C=O) groups excluding carboxylic acids is 1. The monoisotopic (exact) mass is 353 g/mol. The van der Waals surface area contributed by atoms with Crippen LogP contribution in [0.1, 0.15) is 33.5 Å². The lowest BCUT2D eigenvalue weighted by atomic mass is 9.92. The molecule has 0 aromatic heterocycles. The Morgan fingerprint density at radius 1 is 0.815 bits per heavy atom. The molecule has 0 atom stereocenters. The molecule has 0 fully saturated rings. The third kappa shape index (κ3) is 3.61. The molecular formula is C24H19NO2. The molecule has 0 saturated carbocycles. The van der Waals surface area contributed by atoms with Gasteiger partial charge in [-0.2, -0.15) is 5.26 Å². The van der Waals surface area contributed by atoms with Crippen molar-refractivity contribution in [3.8, 4) is 22.9 Å². The number of hydrogen-bond donors (Lipinski definition) is 0. The molecule has 0 radical (unpaired) electrons. The van der Waals surface area contributed by atoms with E-state index in [4.69, 9.17) is 10.00 Å². The van der Waals surface area contributed by atoms with Crippen molar-refractivity contribution < 1.29 is 9.53 Å². The number of fused-ring (bicyclic) bond motifs is 2. The van der Waals surface area contributed by atoms with Gasteiger partial charge < -0.3 is 4.74 Å². The molecule has 0 amide bonds. The van der Waals surface area contributed by atoms with Gasteiger partial charge in [0, 0.05) is 12.0 Å². The lowest BCUT2D eigenvalue weighted by molar-refractivity contribution is 0.0960. The molecule has 0 N–H and O–H groups in total. The highest BCUT2D eigenvalue weighted by molar-refractivity contribution is 5.98. The first kappa shape index (κ1) is 17.1. The molecule has 1 heterocycles. The van der Waals surface area contributed by atoms with Crippen molar-refractivity contribution >= 4 is 5.78 Å². The Morgan fingerprint density at radius 2 is 1.63 bits per heavy atom. The van der Waals surface area contributed by atoms with Crippen LogP contribution in [0.3, 0.4) is 0 Å². The number of nitriles is 1. The summed E-state index contributed by atoms with van der Waals surface area (Å²) in [7, 11) is 0. The summed E-state index contributed by atoms with van der Waals surface area (Å²) in [4.78, 5) is 12.8. The molecule has 0 bridgehead atoms. The first-order valence-corrected chi connectivity index (χ1v) is 9.12. The van der Waals surface area contributed by atoms with Gasteiger partial charge in [-0.1, -0.05) is 42.5 Å². The quantitative estimate of drug-likeness (QED) is 0.620. The van der Waals surface area contributed by atoms with E-state index in [-0.39, 0.29) is 5.78 Å². The lowest BCUT2D eigenvalue weighted by Gasteiger charge is -2.16. The van der Waals surface area contributed by atoms with Crippen LogP contribution in [0, 0.1) is 11.3 Å². The average Bonchev–Trinajstić information content (AvgIpc) is 2.72. The molecule has 1 aliphatic heterocycles. The topological polar surface area (TPSA) is 50.1 Å². The van der Waals surface area contributed by atoms with Gasteiger partial charge >= 0.3 is 0 Å². The van der Waals surface area contributed by atoms with Crippen molar-refractivity contribution in [1.29, 1.82) is 5.26 Å². The maximum Gasteiger partial charge on any atom is 0.166 e. The number of hydrogen-bond acceptors (Lipinski definition) is 3. The Bertz CT molecular complexity index is 1050. The number of rotatable bonds is 1. The van der Waals surface area contributed by atoms with Gasteiger partial charge in [-0.05, 0) is 59.4 Å². The third-order valence-corrected chi connectivity index (χ3v) is 4.96. The Kier molecular flexibility index (Phi) is 4.72. The van der Waals surface area contributed by atoms with Crippen molar-refractivity contribution in [2.45, 2.75) is 19.3 Å². The molecule has 0 aliphatic carbocycles. The fourth-order valence-corrected chi connectivity index (χ4v) is 3.51. The van der Waals surface area contributed by atoms with Crippen LogP contribution < -0.4 is 4.74 Å². The van der Waals surface area contributed by atoms with Gasteiger partial charge in [-0.15, -0.1) is 0 Å². The predicted molar refractivity (Wildman–Crippen MR) is 105 cm³/mol. The summed E-state index contributed by atoms with van der Waals surface area (Å²) in [6.45, 7) is 0.378. The summed E-state index contributed by atoms with van der Waals surface area (Å²) in [6.07, 6.45) is 1.97. The summed E-state index contributed by atoms with van der Waals surface area (Å²) < 4.78 is 5.84. The zero-order valence-electron chi connectivity index (χ0n) is 14.9. The van der Waals surface area contributed by atoms with E-state index in [0.29, 0.717) is 18.6 Å². The predicted octanol–water partition coefficient (Wildman–Crippen LogP) is 4.98. The Balaban J connectivity index is 1.72. The molecule has 1 aliphatic rings. The van der Waals surface area contributed by atoms with Gasteiger partial charge in [0.15, 0.2) is 5.78 Å². The lowest BCUT2D eigenvalue weighted by Crippen LogP contribution is -2.12. The minimum atomic E-state index is 0.0997. The zero-order valence-corrected chi connectivity index (χ0v) is 14.9. The largest absolute Gasteiger partial charge is 0.493 e. The van der Waals surface area contributed by atoms with E-state index in [0.717, 1.165) is 40.8 Å². The summed E-state index contributed by atoms with van der Waals surface area (Å²) in [5.41, 5.74) is 5.52. The Morgan fingerprint density at radius 3 is 2.52 bits per heavy atom. The van der Waals surface area contributed by atoms with Crippen LogP contribution >= 0.6 is 0 Å². The van der Waals surface area contributed by atoms with Gasteiger partial charge in [-0.25, -0.2) is 0 Å². The number of nitrogens with zero attached hydrogens (tertiary/aromatic N) is 1. The van der Waals surface area contributed by atoms with E-state index in [1.54, 1.807) is 6.07 Å². The van der Waals surface area contributed by atoms with E-state index in [2.05, 4.69) is 12.1 Å². The molecule has 3 nitrogen and oxygen atoms in total. The van der Waals surface area contributed by atoms with E-state index in [1.807, 2.05) is 54.6 Å². The molecule has 3 aromatic rings. The van der Waals surface area contributed by atoms with E-state index >= 15 is 0 Å². The molecule has 4 rings (SSSR count). The Hall–Kier alpha value is -3.38. The first-order valence-electron chi connectivity index (χ1n) is 9.12. The maximum absolute atomic E-state index is 12.8. The number of ketones is 1. The van der Waals surface area contributed by atoms with Gasteiger partial charge in [0.1, 0.15) is 5.75 Å². The number of Topliss-reactive ketones (excluding diaryl/α,β-unsaturated/α-hetero) is 1. The summed E-state index contributed by atoms with van der Waals surface area (Å²) in [5.74, 6) is 0.973. The van der Waals surface area contributed by atoms with Crippen LogP contribution in [0.15, 0.2) is 66.7 Å². The van der Waals surface area contributed by atoms with Crippen LogP contribution in [-0.2, 0) is 12.8 Å². The van der Waals surface area contributed by atoms with E-state index in [9.17, 15) is 4.79 Å². The minimum Gasteiger partial charge on any atom is -0.493 e. The van der Waals surface area contributed by atoms with Crippen LogP contribution in [0.25, 0.3) is 11.1 Å². The van der Waals surface area contributed by atoms with Crippen LogP contribution in [0.2, 0.25) is 0 Å². The highest BCUT2D eigenvalue weighted by atomic mass is 16.5. The molecule has 3 heteroatoms. The minimum absolute atomic E-state index is 0.0997. The highest BCUT2D eigenvalue weighted by Gasteiger charge is 2.16. The van der Waals surface area contributed by atoms with Crippen LogP contribution in [0.5, 0.6) is 5.75 Å². The van der Waals surface area contributed by atoms with E-state index in [1.165, 1.54) is 5.56 Å². The van der Waals surface area contributed by atoms with Crippen molar-refractivity contribution in [1.82, 2.24) is 0 Å². The summed E-state index contributed by atoms with van der Waals surface area (Å²) in [6, 6.07) is 23.7. The second-order valence-corrected chi connectivity index (χ2v) is 6.69. The first-order chi connectivity index (χ1) is 13.2. The second kappa shape index (κ2) is 7.47. The molecular weight excluding hydrogens is 334 g/mol. The van der Waals surface area contributed by atoms with Crippen molar-refractivity contribution in [3.05, 3.63) is 89.0 Å². The third-order valence-electron chi connectivity index (χ3n) is 4.96. The number of benzene rings is 3. The molecule has 132 valence electrons. The van der Waals surface area contributed by atoms with Crippen molar-refractivity contribution in [2.24, 2.45) is 0 Å². The van der Waals surface area contributed by atoms with Gasteiger partial charge in [0.05, 0.1) is 18.2 Å². The smallest absolute Gasteiger partial charge is 0.166 e. The highest BCUT2D eigenvalue weighted by Crippen LogP contribution is 2.27. The van der Waals surface area contributed by atoms with E-state index < -0.39 is 0 Å². The number of carbonyl (C=O) groups is 1. The zero-order chi connectivity index (χ0) is 18.6. The molecule has 0 spiro atoms. The van der Waals surface area contributed by atoms with Crippen LogP contribution in [-0.4, -0.2) is 12.4 Å². The van der Waals surface area contributed by atoms with Gasteiger partial charge in [0.25, 0.3) is 0 Å². The fourth-order valence-electron chi connectivity index (χ4n) is 3.51. The van der Waals surface area contributed by atoms with Crippen molar-refractivity contribution in [2.75, 3.05) is 6.61 Å². The van der Waals surface area contributed by atoms with Gasteiger partial charge in [0.2, 0.25) is 0 Å². The number of ether oxygens (including phenoxy) is 1. The average molecular weight is 353 g/mol. The Labute approximate surface area is 158 Å². The fraction of sp³-hybridized carbons (Fsp3) is 0.167.